The average Bonchev–Trinajstić information content (AvgIpc) is 3.12. The van der Waals surface area contributed by atoms with Gasteiger partial charge in [-0.2, -0.15) is 8.78 Å². The molecule has 0 unspecified atom stereocenters. The molecular formula is C20H21F2N3O4. The first-order valence-electron chi connectivity index (χ1n) is 9.04. The van der Waals surface area contributed by atoms with Crippen molar-refractivity contribution in [1.29, 1.82) is 0 Å². The third-order valence-corrected chi connectivity index (χ3v) is 4.41. The van der Waals surface area contributed by atoms with E-state index in [1.54, 1.807) is 35.2 Å². The molecule has 1 aliphatic rings. The van der Waals surface area contributed by atoms with Gasteiger partial charge in [0.2, 0.25) is 5.91 Å². The Labute approximate surface area is 166 Å². The molecule has 0 spiro atoms. The van der Waals surface area contributed by atoms with Crippen molar-refractivity contribution in [3.63, 3.8) is 0 Å². The van der Waals surface area contributed by atoms with E-state index >= 15 is 0 Å². The molecule has 0 bridgehead atoms. The number of hydrogen-bond acceptors (Lipinski definition) is 4. The lowest BCUT2D eigenvalue weighted by Crippen LogP contribution is -2.30. The Morgan fingerprint density at radius 2 is 2.00 bits per heavy atom. The second kappa shape index (κ2) is 9.22. The standard InChI is InChI=1S/C20H21F2N3O4/c1-28-16-9-8-13(11-17(16)29-19(21)22)12-23-20(27)24-14-5-2-3-6-15(14)25-10-4-7-18(25)26/h2-3,5-6,8-9,11,19H,4,7,10,12H2,1H3,(H2,23,24,27). The van der Waals surface area contributed by atoms with Gasteiger partial charge in [-0.15, -0.1) is 0 Å². The number of para-hydroxylation sites is 2. The van der Waals surface area contributed by atoms with Crippen LogP contribution in [0.2, 0.25) is 0 Å². The van der Waals surface area contributed by atoms with E-state index in [1.165, 1.54) is 19.2 Å². The van der Waals surface area contributed by atoms with Gasteiger partial charge in [-0.25, -0.2) is 4.79 Å². The fourth-order valence-corrected chi connectivity index (χ4v) is 3.09. The number of rotatable bonds is 7. The molecule has 3 rings (SSSR count). The van der Waals surface area contributed by atoms with Gasteiger partial charge in [0.15, 0.2) is 11.5 Å². The molecule has 3 amide bonds. The summed E-state index contributed by atoms with van der Waals surface area (Å²) in [6.07, 6.45) is 1.26. The van der Waals surface area contributed by atoms with Crippen LogP contribution < -0.4 is 25.0 Å². The highest BCUT2D eigenvalue weighted by Gasteiger charge is 2.24. The highest BCUT2D eigenvalue weighted by Crippen LogP contribution is 2.30. The van der Waals surface area contributed by atoms with Gasteiger partial charge in [-0.3, -0.25) is 4.79 Å². The van der Waals surface area contributed by atoms with Crippen LogP contribution in [0, 0.1) is 0 Å². The molecule has 0 atom stereocenters. The van der Waals surface area contributed by atoms with E-state index in [9.17, 15) is 18.4 Å². The van der Waals surface area contributed by atoms with Gasteiger partial charge in [0.25, 0.3) is 0 Å². The van der Waals surface area contributed by atoms with E-state index in [0.717, 1.165) is 6.42 Å². The molecule has 0 aliphatic carbocycles. The molecule has 2 aromatic carbocycles. The number of benzene rings is 2. The normalized spacial score (nSPS) is 13.5. The summed E-state index contributed by atoms with van der Waals surface area (Å²) in [5.41, 5.74) is 1.71. The fourth-order valence-electron chi connectivity index (χ4n) is 3.09. The Morgan fingerprint density at radius 1 is 1.21 bits per heavy atom. The van der Waals surface area contributed by atoms with Crippen LogP contribution in [-0.2, 0) is 11.3 Å². The van der Waals surface area contributed by atoms with E-state index in [4.69, 9.17) is 4.74 Å². The lowest BCUT2D eigenvalue weighted by atomic mass is 10.2. The number of nitrogens with zero attached hydrogens (tertiary/aromatic N) is 1. The highest BCUT2D eigenvalue weighted by molar-refractivity contribution is 6.01. The summed E-state index contributed by atoms with van der Waals surface area (Å²) in [5.74, 6) is 0.0762. The maximum atomic E-state index is 12.5. The van der Waals surface area contributed by atoms with E-state index in [2.05, 4.69) is 15.4 Å². The Morgan fingerprint density at radius 3 is 2.69 bits per heavy atom. The molecule has 7 nitrogen and oxygen atoms in total. The molecule has 0 aromatic heterocycles. The summed E-state index contributed by atoms with van der Waals surface area (Å²) in [4.78, 5) is 26.0. The molecule has 0 radical (unpaired) electrons. The number of alkyl halides is 2. The second-order valence-electron chi connectivity index (χ2n) is 6.34. The van der Waals surface area contributed by atoms with Crippen LogP contribution in [0.15, 0.2) is 42.5 Å². The summed E-state index contributed by atoms with van der Waals surface area (Å²) < 4.78 is 34.5. The number of anilines is 2. The third kappa shape index (κ3) is 5.13. The first-order valence-corrected chi connectivity index (χ1v) is 9.04. The quantitative estimate of drug-likeness (QED) is 0.735. The molecule has 1 heterocycles. The minimum absolute atomic E-state index is 0.0180. The largest absolute Gasteiger partial charge is 0.493 e. The summed E-state index contributed by atoms with van der Waals surface area (Å²) in [6, 6.07) is 11.1. The number of hydrogen-bond donors (Lipinski definition) is 2. The Hall–Kier alpha value is -3.36. The Balaban J connectivity index is 1.64. The van der Waals surface area contributed by atoms with Gasteiger partial charge in [0, 0.05) is 19.5 Å². The SMILES string of the molecule is COc1ccc(CNC(=O)Nc2ccccc2N2CCCC2=O)cc1OC(F)F. The van der Waals surface area contributed by atoms with E-state index in [0.29, 0.717) is 29.9 Å². The van der Waals surface area contributed by atoms with Crippen molar-refractivity contribution in [2.75, 3.05) is 23.9 Å². The second-order valence-corrected chi connectivity index (χ2v) is 6.34. The Kier molecular flexibility index (Phi) is 6.48. The van der Waals surface area contributed by atoms with Crippen molar-refractivity contribution in [1.82, 2.24) is 5.32 Å². The van der Waals surface area contributed by atoms with Gasteiger partial charge in [-0.1, -0.05) is 18.2 Å². The zero-order valence-electron chi connectivity index (χ0n) is 15.8. The number of amides is 3. The van der Waals surface area contributed by atoms with Crippen LogP contribution in [0.25, 0.3) is 0 Å². The molecule has 9 heteroatoms. The third-order valence-electron chi connectivity index (χ3n) is 4.41. The van der Waals surface area contributed by atoms with Gasteiger partial charge in [-0.05, 0) is 36.2 Å². The predicted octanol–water partition coefficient (Wildman–Crippen LogP) is 3.75. The summed E-state index contributed by atoms with van der Waals surface area (Å²) in [5, 5.41) is 5.38. The lowest BCUT2D eigenvalue weighted by molar-refractivity contribution is -0.117. The minimum Gasteiger partial charge on any atom is -0.493 e. The molecule has 2 aromatic rings. The van der Waals surface area contributed by atoms with Crippen LogP contribution in [0.4, 0.5) is 25.0 Å². The zero-order chi connectivity index (χ0) is 20.8. The molecule has 29 heavy (non-hydrogen) atoms. The molecule has 1 fully saturated rings. The number of urea groups is 1. The molecular weight excluding hydrogens is 384 g/mol. The van der Waals surface area contributed by atoms with Crippen LogP contribution >= 0.6 is 0 Å². The van der Waals surface area contributed by atoms with Crippen molar-refractivity contribution in [2.24, 2.45) is 0 Å². The maximum absolute atomic E-state index is 12.5. The molecule has 2 N–H and O–H groups in total. The average molecular weight is 405 g/mol. The van der Waals surface area contributed by atoms with E-state index in [-0.39, 0.29) is 24.0 Å². The predicted molar refractivity (Wildman–Crippen MR) is 104 cm³/mol. The van der Waals surface area contributed by atoms with E-state index in [1.807, 2.05) is 0 Å². The molecule has 1 saturated heterocycles. The number of nitrogens with one attached hydrogen (secondary N) is 2. The van der Waals surface area contributed by atoms with Gasteiger partial charge < -0.3 is 25.0 Å². The highest BCUT2D eigenvalue weighted by atomic mass is 19.3. The summed E-state index contributed by atoms with van der Waals surface area (Å²) in [7, 11) is 1.35. The van der Waals surface area contributed by atoms with Gasteiger partial charge in [0.1, 0.15) is 0 Å². The van der Waals surface area contributed by atoms with Crippen LogP contribution in [0.1, 0.15) is 18.4 Å². The van der Waals surface area contributed by atoms with Crippen molar-refractivity contribution < 1.29 is 27.8 Å². The van der Waals surface area contributed by atoms with Crippen LogP contribution in [-0.4, -0.2) is 32.2 Å². The van der Waals surface area contributed by atoms with Gasteiger partial charge in [0.05, 0.1) is 18.5 Å². The minimum atomic E-state index is -2.99. The Bertz CT molecular complexity index is 892. The van der Waals surface area contributed by atoms with Crippen molar-refractivity contribution in [3.05, 3.63) is 48.0 Å². The molecule has 1 aliphatic heterocycles. The lowest BCUT2D eigenvalue weighted by Gasteiger charge is -2.20. The number of methoxy groups -OCH3 is 1. The van der Waals surface area contributed by atoms with Crippen molar-refractivity contribution >= 4 is 23.3 Å². The molecule has 0 saturated carbocycles. The zero-order valence-corrected chi connectivity index (χ0v) is 15.8. The first kappa shape index (κ1) is 20.4. The number of carbonyl (C=O) groups excluding carboxylic acids is 2. The number of carbonyl (C=O) groups is 2. The fraction of sp³-hybridized carbons (Fsp3) is 0.300. The summed E-state index contributed by atoms with van der Waals surface area (Å²) >= 11 is 0. The van der Waals surface area contributed by atoms with Crippen LogP contribution in [0.5, 0.6) is 11.5 Å². The monoisotopic (exact) mass is 405 g/mol. The molecule has 154 valence electrons. The van der Waals surface area contributed by atoms with Crippen molar-refractivity contribution in [3.8, 4) is 11.5 Å². The number of ether oxygens (including phenoxy) is 2. The number of halogens is 2. The maximum Gasteiger partial charge on any atom is 0.387 e. The van der Waals surface area contributed by atoms with Crippen LogP contribution in [0.3, 0.4) is 0 Å². The first-order chi connectivity index (χ1) is 14.0. The van der Waals surface area contributed by atoms with Gasteiger partial charge >= 0.3 is 12.6 Å². The smallest absolute Gasteiger partial charge is 0.387 e. The van der Waals surface area contributed by atoms with E-state index < -0.39 is 12.6 Å². The summed E-state index contributed by atoms with van der Waals surface area (Å²) in [6.45, 7) is -2.29. The topological polar surface area (TPSA) is 79.9 Å². The van der Waals surface area contributed by atoms with Crippen molar-refractivity contribution in [2.45, 2.75) is 26.0 Å².